The SMILES string of the molecule is O[C@@]12CCC3(OCCO3)[C@@H]3Oc4cccc5c4[C@@]31CCN(CC1CC1)[C@@H]2C5. The standard InChI is InChI=1S/C22H27NO4/c24-21-6-7-22(25-10-11-26-22)19-20(21)8-9-23(13-14-4-5-14)17(21)12-15-2-1-3-16(27-19)18(15)20/h1-3,14,17,19,24H,4-13H2/t17-,19-,20+,21-/m1/s1. The van der Waals surface area contributed by atoms with Gasteiger partial charge in [-0.15, -0.1) is 0 Å². The zero-order valence-corrected chi connectivity index (χ0v) is 15.7. The Morgan fingerprint density at radius 1 is 1.11 bits per heavy atom. The molecule has 0 aromatic heterocycles. The highest BCUT2D eigenvalue weighted by molar-refractivity contribution is 5.58. The van der Waals surface area contributed by atoms with Gasteiger partial charge in [0.25, 0.3) is 0 Å². The van der Waals surface area contributed by atoms with E-state index in [-0.39, 0.29) is 12.1 Å². The molecule has 3 aliphatic heterocycles. The fraction of sp³-hybridized carbons (Fsp3) is 0.727. The minimum absolute atomic E-state index is 0.178. The van der Waals surface area contributed by atoms with E-state index in [0.717, 1.165) is 44.0 Å². The molecule has 0 unspecified atom stereocenters. The van der Waals surface area contributed by atoms with Gasteiger partial charge in [0, 0.05) is 24.6 Å². The number of hydrogen-bond acceptors (Lipinski definition) is 5. The summed E-state index contributed by atoms with van der Waals surface area (Å²) in [6.07, 6.45) is 5.76. The molecule has 2 saturated heterocycles. The first-order chi connectivity index (χ1) is 13.2. The monoisotopic (exact) mass is 369 g/mol. The number of ether oxygens (including phenoxy) is 3. The molecular formula is C22H27NO4. The van der Waals surface area contributed by atoms with Gasteiger partial charge in [0.05, 0.1) is 24.2 Å². The van der Waals surface area contributed by atoms with Crippen LogP contribution in [0.15, 0.2) is 18.2 Å². The van der Waals surface area contributed by atoms with E-state index in [4.69, 9.17) is 14.2 Å². The second-order valence-corrected chi connectivity index (χ2v) is 9.60. The van der Waals surface area contributed by atoms with Gasteiger partial charge in [-0.05, 0) is 56.2 Å². The number of fused-ring (bicyclic) bond motifs is 1. The van der Waals surface area contributed by atoms with E-state index >= 15 is 0 Å². The Kier molecular flexibility index (Phi) is 2.85. The minimum atomic E-state index is -0.759. The molecule has 3 heterocycles. The smallest absolute Gasteiger partial charge is 0.207 e. The molecule has 0 amide bonds. The van der Waals surface area contributed by atoms with Gasteiger partial charge in [-0.1, -0.05) is 12.1 Å². The molecular weight excluding hydrogens is 342 g/mol. The normalized spacial score (nSPS) is 43.6. The van der Waals surface area contributed by atoms with Gasteiger partial charge in [-0.25, -0.2) is 0 Å². The first-order valence-electron chi connectivity index (χ1n) is 10.7. The van der Waals surface area contributed by atoms with Gasteiger partial charge in [-0.3, -0.25) is 4.90 Å². The molecule has 5 nitrogen and oxygen atoms in total. The highest BCUT2D eigenvalue weighted by Gasteiger charge is 2.77. The van der Waals surface area contributed by atoms with Crippen LogP contribution in [0.25, 0.3) is 0 Å². The first-order valence-corrected chi connectivity index (χ1v) is 10.7. The molecule has 3 aliphatic carbocycles. The topological polar surface area (TPSA) is 51.2 Å². The number of benzene rings is 1. The fourth-order valence-electron chi connectivity index (χ4n) is 7.17. The molecule has 6 aliphatic rings. The van der Waals surface area contributed by atoms with Crippen LogP contribution in [-0.4, -0.2) is 59.8 Å². The summed E-state index contributed by atoms with van der Waals surface area (Å²) < 4.78 is 19.0. The minimum Gasteiger partial charge on any atom is -0.483 e. The Labute approximate surface area is 159 Å². The lowest BCUT2D eigenvalue weighted by Crippen LogP contribution is -2.79. The van der Waals surface area contributed by atoms with Crippen LogP contribution >= 0.6 is 0 Å². The third-order valence-corrected chi connectivity index (χ3v) is 8.44. The number of aliphatic hydroxyl groups is 1. The predicted octanol–water partition coefficient (Wildman–Crippen LogP) is 1.99. The molecule has 7 rings (SSSR count). The largest absolute Gasteiger partial charge is 0.483 e. The van der Waals surface area contributed by atoms with Crippen molar-refractivity contribution in [2.75, 3.05) is 26.3 Å². The Hall–Kier alpha value is -1.14. The fourth-order valence-corrected chi connectivity index (χ4v) is 7.17. The highest BCUT2D eigenvalue weighted by atomic mass is 16.8. The van der Waals surface area contributed by atoms with Crippen molar-refractivity contribution in [3.63, 3.8) is 0 Å². The summed E-state index contributed by atoms with van der Waals surface area (Å²) in [4.78, 5) is 2.60. The quantitative estimate of drug-likeness (QED) is 0.864. The molecule has 2 spiro atoms. The van der Waals surface area contributed by atoms with Crippen molar-refractivity contribution in [1.82, 2.24) is 4.90 Å². The van der Waals surface area contributed by atoms with Gasteiger partial charge < -0.3 is 19.3 Å². The van der Waals surface area contributed by atoms with Crippen molar-refractivity contribution in [2.45, 2.75) is 67.5 Å². The van der Waals surface area contributed by atoms with Crippen LogP contribution in [0, 0.1) is 5.92 Å². The highest BCUT2D eigenvalue weighted by Crippen LogP contribution is 2.66. The van der Waals surface area contributed by atoms with Crippen LogP contribution in [0.2, 0.25) is 0 Å². The zero-order chi connectivity index (χ0) is 17.9. The van der Waals surface area contributed by atoms with E-state index < -0.39 is 16.8 Å². The van der Waals surface area contributed by atoms with Crippen LogP contribution in [-0.2, 0) is 21.3 Å². The average molecular weight is 369 g/mol. The molecule has 2 saturated carbocycles. The second kappa shape index (κ2) is 4.88. The van der Waals surface area contributed by atoms with Crippen LogP contribution in [0.1, 0.15) is 43.2 Å². The summed E-state index contributed by atoms with van der Waals surface area (Å²) in [5.74, 6) is 1.09. The van der Waals surface area contributed by atoms with E-state index in [9.17, 15) is 5.11 Å². The Balaban J connectivity index is 1.43. The van der Waals surface area contributed by atoms with Crippen molar-refractivity contribution in [2.24, 2.45) is 5.92 Å². The lowest BCUT2D eigenvalue weighted by Gasteiger charge is -2.65. The Morgan fingerprint density at radius 2 is 1.96 bits per heavy atom. The zero-order valence-electron chi connectivity index (χ0n) is 15.7. The van der Waals surface area contributed by atoms with Crippen molar-refractivity contribution in [1.29, 1.82) is 0 Å². The molecule has 4 fully saturated rings. The third-order valence-electron chi connectivity index (χ3n) is 8.44. The lowest BCUT2D eigenvalue weighted by atomic mass is 9.48. The Bertz CT molecular complexity index is 817. The summed E-state index contributed by atoms with van der Waals surface area (Å²) in [6.45, 7) is 3.42. The molecule has 144 valence electrons. The second-order valence-electron chi connectivity index (χ2n) is 9.60. The van der Waals surface area contributed by atoms with Gasteiger partial charge in [0.2, 0.25) is 5.79 Å². The predicted molar refractivity (Wildman–Crippen MR) is 97.8 cm³/mol. The summed E-state index contributed by atoms with van der Waals surface area (Å²) in [6, 6.07) is 6.61. The van der Waals surface area contributed by atoms with E-state index in [0.29, 0.717) is 19.6 Å². The van der Waals surface area contributed by atoms with Crippen LogP contribution in [0.3, 0.4) is 0 Å². The van der Waals surface area contributed by atoms with Gasteiger partial charge in [-0.2, -0.15) is 0 Å². The van der Waals surface area contributed by atoms with E-state index in [1.807, 2.05) is 0 Å². The van der Waals surface area contributed by atoms with Crippen LogP contribution < -0.4 is 4.74 Å². The van der Waals surface area contributed by atoms with Crippen molar-refractivity contribution >= 4 is 0 Å². The molecule has 2 bridgehead atoms. The lowest BCUT2D eigenvalue weighted by molar-refractivity contribution is -0.296. The first kappa shape index (κ1) is 15.7. The summed E-state index contributed by atoms with van der Waals surface area (Å²) in [7, 11) is 0. The summed E-state index contributed by atoms with van der Waals surface area (Å²) in [5, 5.41) is 12.3. The number of hydrogen-bond donors (Lipinski definition) is 1. The van der Waals surface area contributed by atoms with Crippen molar-refractivity contribution < 1.29 is 19.3 Å². The van der Waals surface area contributed by atoms with Crippen LogP contribution in [0.5, 0.6) is 5.75 Å². The molecule has 1 aromatic rings. The van der Waals surface area contributed by atoms with E-state index in [1.165, 1.54) is 24.0 Å². The van der Waals surface area contributed by atoms with Crippen LogP contribution in [0.4, 0.5) is 0 Å². The summed E-state index contributed by atoms with van der Waals surface area (Å²) >= 11 is 0. The molecule has 0 radical (unpaired) electrons. The van der Waals surface area contributed by atoms with Crippen molar-refractivity contribution in [3.8, 4) is 5.75 Å². The average Bonchev–Trinajstić information content (AvgIpc) is 3.23. The van der Waals surface area contributed by atoms with E-state index in [2.05, 4.69) is 23.1 Å². The number of rotatable bonds is 2. The number of nitrogens with zero attached hydrogens (tertiary/aromatic N) is 1. The summed E-state index contributed by atoms with van der Waals surface area (Å²) in [5.41, 5.74) is 1.47. The molecule has 27 heavy (non-hydrogen) atoms. The molecule has 1 N–H and O–H groups in total. The maximum absolute atomic E-state index is 12.3. The molecule has 1 aromatic carbocycles. The Morgan fingerprint density at radius 3 is 2.78 bits per heavy atom. The molecule has 4 atom stereocenters. The maximum Gasteiger partial charge on any atom is 0.207 e. The number of piperidine rings is 1. The van der Waals surface area contributed by atoms with E-state index in [1.54, 1.807) is 0 Å². The van der Waals surface area contributed by atoms with Crippen molar-refractivity contribution in [3.05, 3.63) is 29.3 Å². The van der Waals surface area contributed by atoms with Gasteiger partial charge >= 0.3 is 0 Å². The third kappa shape index (κ3) is 1.72. The molecule has 5 heteroatoms. The van der Waals surface area contributed by atoms with Gasteiger partial charge in [0.15, 0.2) is 6.10 Å². The van der Waals surface area contributed by atoms with Gasteiger partial charge in [0.1, 0.15) is 5.75 Å². The number of likely N-dealkylation sites (tertiary alicyclic amines) is 1. The maximum atomic E-state index is 12.3.